The van der Waals surface area contributed by atoms with E-state index in [0.29, 0.717) is 0 Å². The summed E-state index contributed by atoms with van der Waals surface area (Å²) in [6.45, 7) is 3.69. The van der Waals surface area contributed by atoms with Gasteiger partial charge < -0.3 is 4.90 Å². The van der Waals surface area contributed by atoms with Gasteiger partial charge in [0.1, 0.15) is 0 Å². The second-order valence-corrected chi connectivity index (χ2v) is 5.28. The van der Waals surface area contributed by atoms with Crippen molar-refractivity contribution >= 4 is 15.9 Å². The van der Waals surface area contributed by atoms with Crippen LogP contribution in [-0.2, 0) is 13.5 Å². The van der Waals surface area contributed by atoms with Crippen molar-refractivity contribution in [3.63, 3.8) is 0 Å². The summed E-state index contributed by atoms with van der Waals surface area (Å²) in [5, 5.41) is 5.37. The molecule has 0 spiro atoms. The van der Waals surface area contributed by atoms with Crippen molar-refractivity contribution in [1.82, 2.24) is 14.7 Å². The number of nitrogens with zero attached hydrogens (tertiary/aromatic N) is 3. The molecule has 4 heteroatoms. The van der Waals surface area contributed by atoms with Gasteiger partial charge in [0.2, 0.25) is 0 Å². The molecule has 1 aliphatic heterocycles. The molecular weight excluding hydrogens is 266 g/mol. The summed E-state index contributed by atoms with van der Waals surface area (Å²) < 4.78 is 1.98. The van der Waals surface area contributed by atoms with Gasteiger partial charge in [-0.25, -0.2) is 0 Å². The zero-order chi connectivity index (χ0) is 11.4. The van der Waals surface area contributed by atoms with Crippen LogP contribution in [0, 0.1) is 5.92 Å². The summed E-state index contributed by atoms with van der Waals surface area (Å²) in [5.41, 5.74) is 1.34. The first-order valence-corrected chi connectivity index (χ1v) is 7.17. The zero-order valence-electron chi connectivity index (χ0n) is 9.90. The molecule has 1 aromatic rings. The van der Waals surface area contributed by atoms with Gasteiger partial charge >= 0.3 is 0 Å². The molecule has 2 heterocycles. The average molecular weight is 286 g/mol. The third-order valence-electron chi connectivity index (χ3n) is 3.53. The minimum absolute atomic E-state index is 0.896. The fraction of sp³-hybridized carbons (Fsp3) is 0.750. The molecule has 1 aliphatic rings. The molecule has 16 heavy (non-hydrogen) atoms. The standard InChI is InChI=1S/C12H20BrN3/c1-15-12(2-6-14-15)5-9-16-7-3-11(10-13)4-8-16/h2,6,11H,3-5,7-10H2,1H3. The molecule has 0 aliphatic carbocycles. The SMILES string of the molecule is Cn1nccc1CCN1CCC(CBr)CC1. The second kappa shape index (κ2) is 5.82. The third-order valence-corrected chi connectivity index (χ3v) is 4.45. The molecule has 90 valence electrons. The van der Waals surface area contributed by atoms with E-state index in [4.69, 9.17) is 0 Å². The van der Waals surface area contributed by atoms with Crippen molar-refractivity contribution in [3.05, 3.63) is 18.0 Å². The van der Waals surface area contributed by atoms with E-state index in [1.54, 1.807) is 0 Å². The highest BCUT2D eigenvalue weighted by Crippen LogP contribution is 2.19. The van der Waals surface area contributed by atoms with Gasteiger partial charge in [0.25, 0.3) is 0 Å². The monoisotopic (exact) mass is 285 g/mol. The van der Waals surface area contributed by atoms with E-state index in [9.17, 15) is 0 Å². The van der Waals surface area contributed by atoms with E-state index in [2.05, 4.69) is 32.0 Å². The van der Waals surface area contributed by atoms with Crippen molar-refractivity contribution in [2.45, 2.75) is 19.3 Å². The van der Waals surface area contributed by atoms with Crippen LogP contribution < -0.4 is 0 Å². The van der Waals surface area contributed by atoms with Crippen molar-refractivity contribution in [3.8, 4) is 0 Å². The lowest BCUT2D eigenvalue weighted by atomic mass is 9.99. The second-order valence-electron chi connectivity index (χ2n) is 4.64. The van der Waals surface area contributed by atoms with Crippen molar-refractivity contribution < 1.29 is 0 Å². The van der Waals surface area contributed by atoms with Gasteiger partial charge in [0.05, 0.1) is 0 Å². The maximum absolute atomic E-state index is 4.20. The number of hydrogen-bond donors (Lipinski definition) is 0. The molecule has 0 atom stereocenters. The highest BCUT2D eigenvalue weighted by Gasteiger charge is 2.17. The first kappa shape index (κ1) is 12.1. The molecule has 2 rings (SSSR count). The van der Waals surface area contributed by atoms with Gasteiger partial charge in [-0.05, 0) is 37.9 Å². The lowest BCUT2D eigenvalue weighted by molar-refractivity contribution is 0.196. The van der Waals surface area contributed by atoms with Gasteiger partial charge in [-0.3, -0.25) is 4.68 Å². The molecule has 3 nitrogen and oxygen atoms in total. The molecule has 1 aromatic heterocycles. The molecule has 0 unspecified atom stereocenters. The van der Waals surface area contributed by atoms with Crippen molar-refractivity contribution in [1.29, 1.82) is 0 Å². The van der Waals surface area contributed by atoms with Crippen LogP contribution in [0.4, 0.5) is 0 Å². The predicted molar refractivity (Wildman–Crippen MR) is 69.9 cm³/mol. The Morgan fingerprint density at radius 2 is 2.19 bits per heavy atom. The van der Waals surface area contributed by atoms with Crippen LogP contribution >= 0.6 is 15.9 Å². The van der Waals surface area contributed by atoms with Crippen LogP contribution in [0.5, 0.6) is 0 Å². The van der Waals surface area contributed by atoms with E-state index in [1.165, 1.54) is 43.5 Å². The fourth-order valence-electron chi connectivity index (χ4n) is 2.28. The van der Waals surface area contributed by atoms with E-state index in [1.807, 2.05) is 17.9 Å². The summed E-state index contributed by atoms with van der Waals surface area (Å²) in [7, 11) is 2.02. The van der Waals surface area contributed by atoms with E-state index >= 15 is 0 Å². The van der Waals surface area contributed by atoms with Crippen LogP contribution in [0.2, 0.25) is 0 Å². The molecule has 1 saturated heterocycles. The minimum Gasteiger partial charge on any atom is -0.303 e. The normalized spacial score (nSPS) is 19.1. The topological polar surface area (TPSA) is 21.1 Å². The molecule has 0 saturated carbocycles. The van der Waals surface area contributed by atoms with Crippen LogP contribution in [-0.4, -0.2) is 39.6 Å². The Morgan fingerprint density at radius 3 is 2.75 bits per heavy atom. The number of piperidine rings is 1. The Kier molecular flexibility index (Phi) is 4.41. The Balaban J connectivity index is 1.73. The quantitative estimate of drug-likeness (QED) is 0.790. The summed E-state index contributed by atoms with van der Waals surface area (Å²) in [6, 6.07) is 2.12. The van der Waals surface area contributed by atoms with Crippen LogP contribution in [0.25, 0.3) is 0 Å². The highest BCUT2D eigenvalue weighted by molar-refractivity contribution is 9.09. The summed E-state index contributed by atoms with van der Waals surface area (Å²) in [6.07, 6.45) is 5.69. The van der Waals surface area contributed by atoms with E-state index in [-0.39, 0.29) is 0 Å². The largest absolute Gasteiger partial charge is 0.303 e. The first-order chi connectivity index (χ1) is 7.79. The summed E-state index contributed by atoms with van der Waals surface area (Å²) in [4.78, 5) is 2.58. The number of halogens is 1. The van der Waals surface area contributed by atoms with E-state index < -0.39 is 0 Å². The molecule has 0 N–H and O–H groups in total. The predicted octanol–water partition coefficient (Wildman–Crippen LogP) is 2.07. The fourth-order valence-corrected chi connectivity index (χ4v) is 2.93. The van der Waals surface area contributed by atoms with Crippen LogP contribution in [0.3, 0.4) is 0 Å². The van der Waals surface area contributed by atoms with Gasteiger partial charge in [-0.15, -0.1) is 0 Å². The number of likely N-dealkylation sites (tertiary alicyclic amines) is 1. The number of aryl methyl sites for hydroxylation is 1. The number of hydrogen-bond acceptors (Lipinski definition) is 2. The smallest absolute Gasteiger partial charge is 0.0492 e. The molecular formula is C12H20BrN3. The summed E-state index contributed by atoms with van der Waals surface area (Å²) in [5.74, 6) is 0.896. The molecule has 1 fully saturated rings. The number of rotatable bonds is 4. The zero-order valence-corrected chi connectivity index (χ0v) is 11.5. The molecule has 0 aromatic carbocycles. The Hall–Kier alpha value is -0.350. The first-order valence-electron chi connectivity index (χ1n) is 6.05. The number of alkyl halides is 1. The highest BCUT2D eigenvalue weighted by atomic mass is 79.9. The minimum atomic E-state index is 0.896. The maximum atomic E-state index is 4.20. The average Bonchev–Trinajstić information content (AvgIpc) is 2.73. The van der Waals surface area contributed by atoms with Crippen molar-refractivity contribution in [2.24, 2.45) is 13.0 Å². The molecule has 0 bridgehead atoms. The van der Waals surface area contributed by atoms with Crippen molar-refractivity contribution in [2.75, 3.05) is 25.0 Å². The third kappa shape index (κ3) is 3.08. The van der Waals surface area contributed by atoms with Crippen LogP contribution in [0.15, 0.2) is 12.3 Å². The van der Waals surface area contributed by atoms with Gasteiger partial charge in [-0.2, -0.15) is 5.10 Å². The molecule has 0 amide bonds. The Bertz CT molecular complexity index is 316. The van der Waals surface area contributed by atoms with Crippen LogP contribution in [0.1, 0.15) is 18.5 Å². The van der Waals surface area contributed by atoms with Gasteiger partial charge in [0.15, 0.2) is 0 Å². The van der Waals surface area contributed by atoms with Gasteiger partial charge in [-0.1, -0.05) is 15.9 Å². The lowest BCUT2D eigenvalue weighted by Crippen LogP contribution is -2.35. The number of aromatic nitrogens is 2. The Morgan fingerprint density at radius 1 is 1.44 bits per heavy atom. The van der Waals surface area contributed by atoms with E-state index in [0.717, 1.165) is 12.3 Å². The summed E-state index contributed by atoms with van der Waals surface area (Å²) >= 11 is 3.58. The lowest BCUT2D eigenvalue weighted by Gasteiger charge is -2.30. The Labute approximate surface area is 106 Å². The maximum Gasteiger partial charge on any atom is 0.0492 e. The molecule has 0 radical (unpaired) electrons. The van der Waals surface area contributed by atoms with Gasteiger partial charge in [0, 0.05) is 37.2 Å².